The van der Waals surface area contributed by atoms with Crippen molar-refractivity contribution in [2.24, 2.45) is 5.73 Å². The molecule has 2 atom stereocenters. The highest BCUT2D eigenvalue weighted by Crippen LogP contribution is 2.40. The van der Waals surface area contributed by atoms with Crippen LogP contribution in [0, 0.1) is 0 Å². The molecule has 1 heterocycles. The van der Waals surface area contributed by atoms with E-state index in [0.717, 1.165) is 11.3 Å². The number of methoxy groups -OCH3 is 2. The third-order valence-electron chi connectivity index (χ3n) is 4.01. The molecule has 0 aliphatic carbocycles. The fraction of sp³-hybridized carbons (Fsp3) is 0.235. The van der Waals surface area contributed by atoms with Crippen LogP contribution in [0.1, 0.15) is 11.6 Å². The number of ether oxygens (including phenoxy) is 2. The van der Waals surface area contributed by atoms with Crippen molar-refractivity contribution >= 4 is 23.2 Å². The van der Waals surface area contributed by atoms with Crippen LogP contribution in [0.15, 0.2) is 42.5 Å². The number of rotatable bonds is 4. The van der Waals surface area contributed by atoms with E-state index in [0.29, 0.717) is 16.5 Å². The molecule has 0 saturated carbocycles. The number of benzene rings is 2. The van der Waals surface area contributed by atoms with E-state index in [1.54, 1.807) is 37.3 Å². The second-order valence-electron chi connectivity index (χ2n) is 5.27. The SMILES string of the molecule is COc1ccc([C@@H]2[C@@H](N)C(=O)N2c2ccc(OC)c(Cl)c2)cc1. The largest absolute Gasteiger partial charge is 0.497 e. The summed E-state index contributed by atoms with van der Waals surface area (Å²) in [5.74, 6) is 1.19. The number of halogens is 1. The summed E-state index contributed by atoms with van der Waals surface area (Å²) in [6.45, 7) is 0. The van der Waals surface area contributed by atoms with Crippen molar-refractivity contribution in [1.29, 1.82) is 0 Å². The van der Waals surface area contributed by atoms with Crippen molar-refractivity contribution in [1.82, 2.24) is 0 Å². The Kier molecular flexibility index (Phi) is 4.15. The first-order valence-electron chi connectivity index (χ1n) is 7.13. The third kappa shape index (κ3) is 2.62. The zero-order valence-corrected chi connectivity index (χ0v) is 13.6. The van der Waals surface area contributed by atoms with Gasteiger partial charge in [0.15, 0.2) is 0 Å². The molecule has 1 aliphatic rings. The number of nitrogens with two attached hydrogens (primary N) is 1. The average Bonchev–Trinajstić information content (AvgIpc) is 2.58. The first-order valence-corrected chi connectivity index (χ1v) is 7.50. The van der Waals surface area contributed by atoms with Crippen LogP contribution < -0.4 is 20.1 Å². The minimum atomic E-state index is -0.565. The summed E-state index contributed by atoms with van der Waals surface area (Å²) in [6.07, 6.45) is 0. The normalized spacial score (nSPS) is 20.2. The number of β-lactam (4-membered cyclic amide) rings is 1. The molecule has 0 aromatic heterocycles. The van der Waals surface area contributed by atoms with Crippen LogP contribution in [-0.2, 0) is 4.79 Å². The Morgan fingerprint density at radius 2 is 1.78 bits per heavy atom. The summed E-state index contributed by atoms with van der Waals surface area (Å²) in [4.78, 5) is 13.9. The Morgan fingerprint density at radius 1 is 1.09 bits per heavy atom. The number of hydrogen-bond acceptors (Lipinski definition) is 4. The number of carbonyl (C=O) groups is 1. The number of carbonyl (C=O) groups excluding carboxylic acids is 1. The molecule has 3 rings (SSSR count). The minimum absolute atomic E-state index is 0.132. The molecule has 6 heteroatoms. The van der Waals surface area contributed by atoms with Gasteiger partial charge in [-0.15, -0.1) is 0 Å². The van der Waals surface area contributed by atoms with Gasteiger partial charge in [-0.2, -0.15) is 0 Å². The molecule has 0 unspecified atom stereocenters. The van der Waals surface area contributed by atoms with Crippen LogP contribution in [0.5, 0.6) is 11.5 Å². The quantitative estimate of drug-likeness (QED) is 0.874. The number of hydrogen-bond donors (Lipinski definition) is 1. The van der Waals surface area contributed by atoms with E-state index in [1.807, 2.05) is 24.3 Å². The highest BCUT2D eigenvalue weighted by atomic mass is 35.5. The lowest BCUT2D eigenvalue weighted by Gasteiger charge is -2.45. The number of amides is 1. The van der Waals surface area contributed by atoms with Gasteiger partial charge in [0.2, 0.25) is 5.91 Å². The van der Waals surface area contributed by atoms with Gasteiger partial charge in [0.1, 0.15) is 17.5 Å². The van der Waals surface area contributed by atoms with Gasteiger partial charge in [0.05, 0.1) is 25.3 Å². The van der Waals surface area contributed by atoms with Crippen LogP contribution in [0.3, 0.4) is 0 Å². The molecule has 2 aromatic rings. The lowest BCUT2D eigenvalue weighted by Crippen LogP contribution is -2.63. The van der Waals surface area contributed by atoms with Gasteiger partial charge in [-0.05, 0) is 35.9 Å². The Labute approximate surface area is 139 Å². The van der Waals surface area contributed by atoms with Gasteiger partial charge >= 0.3 is 0 Å². The number of nitrogens with zero attached hydrogens (tertiary/aromatic N) is 1. The molecule has 1 amide bonds. The van der Waals surface area contributed by atoms with E-state index in [-0.39, 0.29) is 11.9 Å². The molecular weight excluding hydrogens is 316 g/mol. The second kappa shape index (κ2) is 6.10. The van der Waals surface area contributed by atoms with Crippen LogP contribution >= 0.6 is 11.6 Å². The van der Waals surface area contributed by atoms with Crippen molar-refractivity contribution in [2.45, 2.75) is 12.1 Å². The lowest BCUT2D eigenvalue weighted by atomic mass is 9.88. The summed E-state index contributed by atoms with van der Waals surface area (Å²) in [5.41, 5.74) is 7.66. The maximum absolute atomic E-state index is 12.2. The fourth-order valence-electron chi connectivity index (χ4n) is 2.76. The molecule has 0 bridgehead atoms. The molecular formula is C17H17ClN2O3. The first-order chi connectivity index (χ1) is 11.1. The van der Waals surface area contributed by atoms with Gasteiger partial charge in [-0.1, -0.05) is 23.7 Å². The van der Waals surface area contributed by atoms with Crippen molar-refractivity contribution < 1.29 is 14.3 Å². The topological polar surface area (TPSA) is 64.8 Å². The molecule has 23 heavy (non-hydrogen) atoms. The van der Waals surface area contributed by atoms with Crippen LogP contribution in [0.25, 0.3) is 0 Å². The first kappa shape index (κ1) is 15.6. The predicted octanol–water partition coefficient (Wildman–Crippen LogP) is 2.77. The summed E-state index contributed by atoms with van der Waals surface area (Å²) in [6, 6.07) is 12.0. The molecule has 0 radical (unpaired) electrons. The van der Waals surface area contributed by atoms with Gasteiger partial charge in [-0.3, -0.25) is 4.79 Å². The highest BCUT2D eigenvalue weighted by molar-refractivity contribution is 6.32. The zero-order valence-electron chi connectivity index (χ0n) is 12.8. The second-order valence-corrected chi connectivity index (χ2v) is 5.68. The molecule has 1 aliphatic heterocycles. The van der Waals surface area contributed by atoms with E-state index in [2.05, 4.69) is 0 Å². The molecule has 2 N–H and O–H groups in total. The summed E-state index contributed by atoms with van der Waals surface area (Å²) in [7, 11) is 3.16. The molecule has 0 spiro atoms. The van der Waals surface area contributed by atoms with Gasteiger partial charge in [0, 0.05) is 5.69 Å². The maximum Gasteiger partial charge on any atom is 0.247 e. The lowest BCUT2D eigenvalue weighted by molar-refractivity contribution is -0.126. The smallest absolute Gasteiger partial charge is 0.247 e. The number of anilines is 1. The average molecular weight is 333 g/mol. The Hall–Kier alpha value is -2.24. The van der Waals surface area contributed by atoms with E-state index in [1.165, 1.54) is 0 Å². The third-order valence-corrected chi connectivity index (χ3v) is 4.31. The van der Waals surface area contributed by atoms with Crippen molar-refractivity contribution in [2.75, 3.05) is 19.1 Å². The summed E-state index contributed by atoms with van der Waals surface area (Å²) in [5, 5.41) is 0.451. The van der Waals surface area contributed by atoms with Gasteiger partial charge in [-0.25, -0.2) is 0 Å². The molecule has 1 saturated heterocycles. The summed E-state index contributed by atoms with van der Waals surface area (Å²) >= 11 is 6.16. The van der Waals surface area contributed by atoms with Gasteiger partial charge < -0.3 is 20.1 Å². The van der Waals surface area contributed by atoms with Gasteiger partial charge in [0.25, 0.3) is 0 Å². The highest BCUT2D eigenvalue weighted by Gasteiger charge is 2.46. The van der Waals surface area contributed by atoms with Crippen LogP contribution in [-0.4, -0.2) is 26.2 Å². The van der Waals surface area contributed by atoms with Crippen LogP contribution in [0.4, 0.5) is 5.69 Å². The Bertz CT molecular complexity index is 733. The van der Waals surface area contributed by atoms with E-state index < -0.39 is 6.04 Å². The van der Waals surface area contributed by atoms with E-state index in [4.69, 9.17) is 26.8 Å². The monoisotopic (exact) mass is 332 g/mol. The molecule has 1 fully saturated rings. The van der Waals surface area contributed by atoms with E-state index in [9.17, 15) is 4.79 Å². The van der Waals surface area contributed by atoms with Crippen molar-refractivity contribution in [3.63, 3.8) is 0 Å². The van der Waals surface area contributed by atoms with Crippen LogP contribution in [0.2, 0.25) is 5.02 Å². The van der Waals surface area contributed by atoms with E-state index >= 15 is 0 Å². The minimum Gasteiger partial charge on any atom is -0.497 e. The molecule has 5 nitrogen and oxygen atoms in total. The maximum atomic E-state index is 12.2. The zero-order chi connectivity index (χ0) is 16.6. The summed E-state index contributed by atoms with van der Waals surface area (Å²) < 4.78 is 10.3. The Morgan fingerprint density at radius 3 is 2.35 bits per heavy atom. The predicted molar refractivity (Wildman–Crippen MR) is 89.2 cm³/mol. The standard InChI is InChI=1S/C17H17ClN2O3/c1-22-12-6-3-10(4-7-12)16-15(19)17(21)20(16)11-5-8-14(23-2)13(18)9-11/h3-9,15-16H,19H2,1-2H3/t15-,16-/m1/s1. The van der Waals surface area contributed by atoms with Crippen molar-refractivity contribution in [3.8, 4) is 11.5 Å². The van der Waals surface area contributed by atoms with Crippen molar-refractivity contribution in [3.05, 3.63) is 53.1 Å². The fourth-order valence-corrected chi connectivity index (χ4v) is 3.01. The molecule has 2 aromatic carbocycles. The molecule has 120 valence electrons. The Balaban J connectivity index is 1.93.